The number of benzene rings is 5. The molecule has 0 unspecified atom stereocenters. The molecule has 6 heteroatoms. The number of nitrogens with zero attached hydrogens (tertiary/aromatic N) is 3. The molecular formula is C44H45N3OSi2. The van der Waals surface area contributed by atoms with Gasteiger partial charge >= 0.3 is 0 Å². The van der Waals surface area contributed by atoms with Gasteiger partial charge < -0.3 is 4.42 Å². The summed E-state index contributed by atoms with van der Waals surface area (Å²) < 4.78 is 8.97. The van der Waals surface area contributed by atoms with Gasteiger partial charge in [-0.05, 0) is 82.6 Å². The van der Waals surface area contributed by atoms with Crippen LogP contribution in [0.4, 0.5) is 0 Å². The van der Waals surface area contributed by atoms with Crippen molar-refractivity contribution in [3.63, 3.8) is 0 Å². The molecule has 0 radical (unpaired) electrons. The number of para-hydroxylation sites is 3. The van der Waals surface area contributed by atoms with E-state index >= 15 is 0 Å². The van der Waals surface area contributed by atoms with Crippen LogP contribution in [0.1, 0.15) is 56.2 Å². The molecule has 0 saturated carbocycles. The van der Waals surface area contributed by atoms with Crippen LogP contribution in [0.5, 0.6) is 0 Å². The summed E-state index contributed by atoms with van der Waals surface area (Å²) in [6.07, 6.45) is 0. The lowest BCUT2D eigenvalue weighted by Crippen LogP contribution is -2.63. The second-order valence-electron chi connectivity index (χ2n) is 16.2. The lowest BCUT2D eigenvalue weighted by atomic mass is 9.88. The Hall–Kier alpha value is -4.71. The Bertz CT molecular complexity index is 2500. The van der Waals surface area contributed by atoms with Gasteiger partial charge in [0, 0.05) is 10.8 Å². The average molecular weight is 688 g/mol. The number of furan rings is 1. The molecule has 0 atom stereocenters. The summed E-state index contributed by atoms with van der Waals surface area (Å²) in [6, 6.07) is 37.9. The van der Waals surface area contributed by atoms with E-state index in [1.54, 1.807) is 10.4 Å². The number of rotatable bonds is 5. The zero-order valence-electron chi connectivity index (χ0n) is 30.5. The Morgan fingerprint density at radius 1 is 0.720 bits per heavy atom. The summed E-state index contributed by atoms with van der Waals surface area (Å²) in [5, 5.41) is 15.0. The number of aromatic nitrogens is 2. The van der Waals surface area contributed by atoms with Gasteiger partial charge in [0.2, 0.25) is 0 Å². The number of hydrogen-bond acceptors (Lipinski definition) is 3. The molecule has 0 spiro atoms. The quantitative estimate of drug-likeness (QED) is 0.169. The van der Waals surface area contributed by atoms with Crippen molar-refractivity contribution in [1.29, 1.82) is 5.26 Å². The van der Waals surface area contributed by atoms with E-state index in [2.05, 4.69) is 137 Å². The van der Waals surface area contributed by atoms with E-state index in [4.69, 9.17) is 9.40 Å². The van der Waals surface area contributed by atoms with Gasteiger partial charge in [0.25, 0.3) is 0 Å². The highest BCUT2D eigenvalue weighted by molar-refractivity contribution is 7.03. The van der Waals surface area contributed by atoms with Crippen LogP contribution in [0.2, 0.25) is 38.3 Å². The van der Waals surface area contributed by atoms with Gasteiger partial charge in [0.1, 0.15) is 17.0 Å². The van der Waals surface area contributed by atoms with Crippen molar-refractivity contribution in [3.05, 3.63) is 108 Å². The predicted molar refractivity (Wildman–Crippen MR) is 216 cm³/mol. The minimum absolute atomic E-state index is 0.276. The van der Waals surface area contributed by atoms with Crippen LogP contribution in [0.3, 0.4) is 0 Å². The highest BCUT2D eigenvalue weighted by Crippen LogP contribution is 2.43. The smallest absolute Gasteiger partial charge is 0.149 e. The molecule has 4 nitrogen and oxygen atoms in total. The molecule has 250 valence electrons. The maximum atomic E-state index is 9.58. The molecule has 0 N–H and O–H groups in total. The van der Waals surface area contributed by atoms with Gasteiger partial charge in [-0.1, -0.05) is 119 Å². The number of nitriles is 1. The van der Waals surface area contributed by atoms with Crippen molar-refractivity contribution in [3.8, 4) is 34.3 Å². The van der Waals surface area contributed by atoms with Gasteiger partial charge in [-0.25, -0.2) is 4.98 Å². The summed E-state index contributed by atoms with van der Waals surface area (Å²) in [5.74, 6) is 1.41. The first-order valence-electron chi connectivity index (χ1n) is 18.0. The van der Waals surface area contributed by atoms with Crippen molar-refractivity contribution in [2.45, 2.75) is 77.8 Å². The van der Waals surface area contributed by atoms with Crippen LogP contribution in [0.25, 0.3) is 61.2 Å². The van der Waals surface area contributed by atoms with E-state index in [0.717, 1.165) is 38.8 Å². The fourth-order valence-corrected chi connectivity index (χ4v) is 18.5. The maximum absolute atomic E-state index is 9.58. The lowest BCUT2D eigenvalue weighted by Gasteiger charge is -2.40. The normalized spacial score (nSPS) is 15.3. The molecule has 3 heterocycles. The van der Waals surface area contributed by atoms with E-state index in [0.29, 0.717) is 11.1 Å². The second-order valence-corrected chi connectivity index (χ2v) is 25.8. The second kappa shape index (κ2) is 11.7. The van der Waals surface area contributed by atoms with Crippen molar-refractivity contribution >= 4 is 59.5 Å². The molecule has 0 amide bonds. The van der Waals surface area contributed by atoms with Crippen molar-refractivity contribution in [2.24, 2.45) is 0 Å². The third-order valence-corrected chi connectivity index (χ3v) is 18.8. The Kier molecular flexibility index (Phi) is 7.59. The lowest BCUT2D eigenvalue weighted by molar-refractivity contribution is 0.669. The fourth-order valence-electron chi connectivity index (χ4n) is 8.23. The van der Waals surface area contributed by atoms with Crippen molar-refractivity contribution in [2.75, 3.05) is 0 Å². The molecule has 7 aromatic rings. The van der Waals surface area contributed by atoms with Crippen molar-refractivity contribution in [1.82, 2.24) is 9.55 Å². The predicted octanol–water partition coefficient (Wildman–Crippen LogP) is 11.2. The largest absolute Gasteiger partial charge is 0.455 e. The molecule has 0 fully saturated rings. The third kappa shape index (κ3) is 5.09. The van der Waals surface area contributed by atoms with Gasteiger partial charge in [-0.15, -0.1) is 0 Å². The molecule has 50 heavy (non-hydrogen) atoms. The highest BCUT2D eigenvalue weighted by atomic mass is 28.3. The average Bonchev–Trinajstić information content (AvgIpc) is 3.67. The van der Waals surface area contributed by atoms with Crippen LogP contribution in [0, 0.1) is 11.3 Å². The Morgan fingerprint density at radius 2 is 1.42 bits per heavy atom. The first-order valence-corrected chi connectivity index (χ1v) is 24.5. The first kappa shape index (κ1) is 32.5. The molecular weight excluding hydrogens is 643 g/mol. The maximum Gasteiger partial charge on any atom is 0.149 e. The number of fused-ring (bicyclic) bond motifs is 5. The molecule has 0 bridgehead atoms. The molecule has 5 aromatic carbocycles. The van der Waals surface area contributed by atoms with Crippen molar-refractivity contribution < 1.29 is 4.42 Å². The number of imidazole rings is 1. The molecule has 0 aliphatic carbocycles. The number of hydrogen-bond donors (Lipinski definition) is 0. The summed E-state index contributed by atoms with van der Waals surface area (Å²) in [6.45, 7) is 19.5. The van der Waals surface area contributed by atoms with E-state index in [-0.39, 0.29) is 11.8 Å². The minimum atomic E-state index is -1.51. The van der Waals surface area contributed by atoms with Gasteiger partial charge in [-0.2, -0.15) is 5.26 Å². The standard InChI is InChI=1S/C44H45N3OSi2/c1-27(2)35-23-31(30-17-19-40-41(25-30)50(7,8)21-20-49(40,5)6)24-36(28(3)4)42(35)47-38-15-10-9-14-37(38)46-44(47)34-13-11-12-33-32-18-16-29(26-45)22-39(32)48-43(33)34/h9-19,22-25,27-28H,20-21H2,1-8H3. The zero-order chi connectivity index (χ0) is 35.1. The third-order valence-electron chi connectivity index (χ3n) is 11.3. The first-order chi connectivity index (χ1) is 23.9. The molecule has 2 aromatic heterocycles. The Balaban J connectivity index is 1.40. The van der Waals surface area contributed by atoms with Crippen LogP contribution in [-0.2, 0) is 0 Å². The zero-order valence-corrected chi connectivity index (χ0v) is 32.5. The van der Waals surface area contributed by atoms with Crippen LogP contribution < -0.4 is 10.4 Å². The topological polar surface area (TPSA) is 54.8 Å². The Morgan fingerprint density at radius 3 is 2.12 bits per heavy atom. The van der Waals surface area contributed by atoms with E-state index < -0.39 is 16.1 Å². The summed E-state index contributed by atoms with van der Waals surface area (Å²) >= 11 is 0. The monoisotopic (exact) mass is 687 g/mol. The van der Waals surface area contributed by atoms with Gasteiger partial charge in [0.05, 0.1) is 50.1 Å². The van der Waals surface area contributed by atoms with Gasteiger partial charge in [0.15, 0.2) is 0 Å². The molecule has 0 saturated heterocycles. The van der Waals surface area contributed by atoms with Gasteiger partial charge in [-0.3, -0.25) is 4.57 Å². The highest BCUT2D eigenvalue weighted by Gasteiger charge is 2.39. The van der Waals surface area contributed by atoms with Crippen LogP contribution in [0.15, 0.2) is 95.4 Å². The minimum Gasteiger partial charge on any atom is -0.455 e. The summed E-state index contributed by atoms with van der Waals surface area (Å²) in [7, 11) is -2.93. The summed E-state index contributed by atoms with van der Waals surface area (Å²) in [4.78, 5) is 5.33. The Labute approximate surface area is 297 Å². The SMILES string of the molecule is CC(C)c1cc(-c2ccc3c(c2)[Si](C)(C)CC[Si]3(C)C)cc(C(C)C)c1-n1c(-c2cccc3c2oc2cc(C#N)ccc23)nc2ccccc21. The summed E-state index contributed by atoms with van der Waals surface area (Å²) in [5.41, 5.74) is 11.5. The molecule has 1 aliphatic rings. The molecule has 1 aliphatic heterocycles. The van der Waals surface area contributed by atoms with E-state index in [9.17, 15) is 5.26 Å². The van der Waals surface area contributed by atoms with E-state index in [1.807, 2.05) is 18.2 Å². The fraction of sp³-hybridized carbons (Fsp3) is 0.273. The molecule has 8 rings (SSSR count). The van der Waals surface area contributed by atoms with Crippen LogP contribution >= 0.6 is 0 Å². The van der Waals surface area contributed by atoms with Crippen LogP contribution in [-0.4, -0.2) is 25.7 Å². The van der Waals surface area contributed by atoms with E-state index in [1.165, 1.54) is 40.0 Å².